The monoisotopic (exact) mass is 663 g/mol. The van der Waals surface area contributed by atoms with Gasteiger partial charge in [-0.3, -0.25) is 19.7 Å². The molecule has 200 valence electrons. The van der Waals surface area contributed by atoms with Crippen molar-refractivity contribution in [2.45, 2.75) is 6.92 Å². The lowest BCUT2D eigenvalue weighted by Crippen LogP contribution is -2.54. The number of benzene rings is 3. The number of halogens is 3. The van der Waals surface area contributed by atoms with Gasteiger partial charge in [-0.05, 0) is 102 Å². The largest absolute Gasteiger partial charge is 0.490 e. The van der Waals surface area contributed by atoms with Crippen LogP contribution in [-0.4, -0.2) is 37.0 Å². The van der Waals surface area contributed by atoms with Gasteiger partial charge < -0.3 is 14.8 Å². The van der Waals surface area contributed by atoms with Crippen LogP contribution in [-0.2, 0) is 14.4 Å². The second-order valence-electron chi connectivity index (χ2n) is 8.04. The highest BCUT2D eigenvalue weighted by Crippen LogP contribution is 2.35. The van der Waals surface area contributed by atoms with E-state index in [-0.39, 0.29) is 36.0 Å². The first-order valence-electron chi connectivity index (χ1n) is 11.5. The van der Waals surface area contributed by atoms with Crippen LogP contribution in [0.2, 0.25) is 5.02 Å². The number of rotatable bonds is 8. The van der Waals surface area contributed by atoms with Crippen LogP contribution in [0.4, 0.5) is 20.6 Å². The van der Waals surface area contributed by atoms with E-state index in [2.05, 4.69) is 10.6 Å². The molecular weight excluding hydrogens is 644 g/mol. The molecule has 0 aromatic heterocycles. The first kappa shape index (κ1) is 28.0. The first-order chi connectivity index (χ1) is 18.7. The van der Waals surface area contributed by atoms with Gasteiger partial charge in [0.1, 0.15) is 11.4 Å². The molecule has 0 saturated carbocycles. The summed E-state index contributed by atoms with van der Waals surface area (Å²) < 4.78 is 25.0. The van der Waals surface area contributed by atoms with E-state index < -0.39 is 29.6 Å². The lowest BCUT2D eigenvalue weighted by molar-refractivity contribution is -0.122. The van der Waals surface area contributed by atoms with Crippen LogP contribution >= 0.6 is 34.2 Å². The SMILES string of the molecule is CCOc1cc(/C=C2\C(=O)NC(=O)N(c3ccc(Cl)cc3)C2=O)cc(I)c1OCC(=O)Nc1ccc(F)cc1. The van der Waals surface area contributed by atoms with Crippen molar-refractivity contribution in [3.05, 3.63) is 86.2 Å². The fourth-order valence-corrected chi connectivity index (χ4v) is 4.50. The summed E-state index contributed by atoms with van der Waals surface area (Å²) in [5.41, 5.74) is 0.811. The van der Waals surface area contributed by atoms with E-state index in [4.69, 9.17) is 21.1 Å². The van der Waals surface area contributed by atoms with Crippen molar-refractivity contribution in [2.75, 3.05) is 23.4 Å². The normalized spacial score (nSPS) is 14.3. The molecule has 0 atom stereocenters. The van der Waals surface area contributed by atoms with Gasteiger partial charge in [0.2, 0.25) is 0 Å². The van der Waals surface area contributed by atoms with Crippen LogP contribution in [0.3, 0.4) is 0 Å². The average molecular weight is 664 g/mol. The number of nitrogens with one attached hydrogen (secondary N) is 2. The maximum atomic E-state index is 13.2. The summed E-state index contributed by atoms with van der Waals surface area (Å²) in [4.78, 5) is 51.3. The number of barbiturate groups is 1. The average Bonchev–Trinajstić information content (AvgIpc) is 2.88. The number of imide groups is 2. The van der Waals surface area contributed by atoms with E-state index in [0.717, 1.165) is 4.90 Å². The van der Waals surface area contributed by atoms with Crippen molar-refractivity contribution in [1.82, 2.24) is 5.32 Å². The van der Waals surface area contributed by atoms with Crippen molar-refractivity contribution < 1.29 is 33.0 Å². The van der Waals surface area contributed by atoms with Gasteiger partial charge in [0.25, 0.3) is 17.7 Å². The molecule has 3 aromatic carbocycles. The maximum Gasteiger partial charge on any atom is 0.335 e. The van der Waals surface area contributed by atoms with Gasteiger partial charge in [-0.15, -0.1) is 0 Å². The molecule has 2 N–H and O–H groups in total. The summed E-state index contributed by atoms with van der Waals surface area (Å²) in [6.45, 7) is 1.68. The molecule has 1 saturated heterocycles. The molecule has 39 heavy (non-hydrogen) atoms. The van der Waals surface area contributed by atoms with Crippen LogP contribution < -0.4 is 25.0 Å². The summed E-state index contributed by atoms with van der Waals surface area (Å²) in [5.74, 6) is -1.99. The molecular formula is C27H20ClFIN3O6. The highest BCUT2D eigenvalue weighted by molar-refractivity contribution is 14.1. The number of hydrogen-bond donors (Lipinski definition) is 2. The van der Waals surface area contributed by atoms with Gasteiger partial charge in [-0.2, -0.15) is 0 Å². The maximum absolute atomic E-state index is 13.2. The number of nitrogens with zero attached hydrogens (tertiary/aromatic N) is 1. The van der Waals surface area contributed by atoms with Crippen molar-refractivity contribution in [1.29, 1.82) is 0 Å². The van der Waals surface area contributed by atoms with Crippen molar-refractivity contribution >= 4 is 75.4 Å². The molecule has 0 unspecified atom stereocenters. The third kappa shape index (κ3) is 6.73. The minimum absolute atomic E-state index is 0.243. The van der Waals surface area contributed by atoms with Crippen LogP contribution in [0.1, 0.15) is 12.5 Å². The molecule has 5 amide bonds. The third-order valence-electron chi connectivity index (χ3n) is 5.30. The predicted octanol–water partition coefficient (Wildman–Crippen LogP) is 5.17. The number of amides is 5. The van der Waals surface area contributed by atoms with E-state index in [1.54, 1.807) is 19.1 Å². The summed E-state index contributed by atoms with van der Waals surface area (Å²) in [7, 11) is 0. The Hall–Kier alpha value is -3.97. The summed E-state index contributed by atoms with van der Waals surface area (Å²) in [5, 5.41) is 5.19. The molecule has 12 heteroatoms. The van der Waals surface area contributed by atoms with Crippen LogP contribution in [0, 0.1) is 9.39 Å². The van der Waals surface area contributed by atoms with Crippen molar-refractivity contribution in [2.24, 2.45) is 0 Å². The van der Waals surface area contributed by atoms with Crippen LogP contribution in [0.5, 0.6) is 11.5 Å². The Labute approximate surface area is 241 Å². The lowest BCUT2D eigenvalue weighted by atomic mass is 10.1. The molecule has 0 radical (unpaired) electrons. The van der Waals surface area contributed by atoms with Gasteiger partial charge in [0, 0.05) is 10.7 Å². The minimum Gasteiger partial charge on any atom is -0.490 e. The fraction of sp³-hybridized carbons (Fsp3) is 0.111. The molecule has 1 fully saturated rings. The standard InChI is InChI=1S/C27H20ClFIN3O6/c1-2-38-22-13-15(12-21(30)24(22)39-14-23(34)31-18-7-5-17(29)6-8-18)11-20-25(35)32-27(37)33(26(20)36)19-9-3-16(28)4-10-19/h3-13H,2,14H2,1H3,(H,31,34)(H,32,35,37)/b20-11+. The number of anilines is 2. The van der Waals surface area contributed by atoms with Gasteiger partial charge >= 0.3 is 6.03 Å². The Morgan fingerprint density at radius 1 is 1.08 bits per heavy atom. The van der Waals surface area contributed by atoms with E-state index in [9.17, 15) is 23.6 Å². The topological polar surface area (TPSA) is 114 Å². The third-order valence-corrected chi connectivity index (χ3v) is 6.36. The zero-order chi connectivity index (χ0) is 28.1. The highest BCUT2D eigenvalue weighted by Gasteiger charge is 2.36. The van der Waals surface area contributed by atoms with E-state index >= 15 is 0 Å². The summed E-state index contributed by atoms with van der Waals surface area (Å²) >= 11 is 7.88. The van der Waals surface area contributed by atoms with Gasteiger partial charge in [-0.25, -0.2) is 14.1 Å². The number of urea groups is 1. The second kappa shape index (κ2) is 12.3. The molecule has 0 spiro atoms. The zero-order valence-electron chi connectivity index (χ0n) is 20.3. The van der Waals surface area contributed by atoms with Crippen molar-refractivity contribution in [3.8, 4) is 11.5 Å². The highest BCUT2D eigenvalue weighted by atomic mass is 127. The first-order valence-corrected chi connectivity index (χ1v) is 12.9. The minimum atomic E-state index is -0.878. The van der Waals surface area contributed by atoms with Crippen LogP contribution in [0.25, 0.3) is 6.08 Å². The van der Waals surface area contributed by atoms with E-state index in [1.165, 1.54) is 54.6 Å². The molecule has 3 aromatic rings. The molecule has 4 rings (SSSR count). The molecule has 9 nitrogen and oxygen atoms in total. The summed E-state index contributed by atoms with van der Waals surface area (Å²) in [6.07, 6.45) is 1.34. The van der Waals surface area contributed by atoms with E-state index in [1.807, 2.05) is 22.6 Å². The van der Waals surface area contributed by atoms with Gasteiger partial charge in [-0.1, -0.05) is 11.6 Å². The molecule has 1 aliphatic rings. The van der Waals surface area contributed by atoms with Crippen molar-refractivity contribution in [3.63, 3.8) is 0 Å². The number of hydrogen-bond acceptors (Lipinski definition) is 6. The Balaban J connectivity index is 1.57. The number of carbonyl (C=O) groups excluding carboxylic acids is 4. The van der Waals surface area contributed by atoms with Crippen LogP contribution in [0.15, 0.2) is 66.2 Å². The Morgan fingerprint density at radius 2 is 1.77 bits per heavy atom. The Kier molecular flexibility index (Phi) is 8.82. The second-order valence-corrected chi connectivity index (χ2v) is 9.64. The quantitative estimate of drug-likeness (QED) is 0.196. The fourth-order valence-electron chi connectivity index (χ4n) is 3.59. The summed E-state index contributed by atoms with van der Waals surface area (Å²) in [6, 6.07) is 13.6. The van der Waals surface area contributed by atoms with E-state index in [0.29, 0.717) is 19.8 Å². The smallest absolute Gasteiger partial charge is 0.335 e. The lowest BCUT2D eigenvalue weighted by Gasteiger charge is -2.26. The molecule has 1 aliphatic heterocycles. The zero-order valence-corrected chi connectivity index (χ0v) is 23.2. The molecule has 1 heterocycles. The molecule has 0 bridgehead atoms. The Morgan fingerprint density at radius 3 is 2.44 bits per heavy atom. The predicted molar refractivity (Wildman–Crippen MR) is 151 cm³/mol. The van der Waals surface area contributed by atoms with Gasteiger partial charge in [0.05, 0.1) is 15.9 Å². The molecule has 0 aliphatic carbocycles. The van der Waals surface area contributed by atoms with Gasteiger partial charge in [0.15, 0.2) is 18.1 Å². The Bertz CT molecular complexity index is 1480. The number of ether oxygens (including phenoxy) is 2. The number of carbonyl (C=O) groups is 4.